The number of carbonyl (C=O) groups is 2. The van der Waals surface area contributed by atoms with Gasteiger partial charge in [0.15, 0.2) is 5.76 Å². The molecule has 0 radical (unpaired) electrons. The average molecular weight is 338 g/mol. The highest BCUT2D eigenvalue weighted by atomic mass is 32.2. The molecule has 0 fully saturated rings. The lowest BCUT2D eigenvalue weighted by Gasteiger charge is -2.13. The highest BCUT2D eigenvalue weighted by molar-refractivity contribution is 7.99. The third-order valence-corrected chi connectivity index (χ3v) is 3.60. The van der Waals surface area contributed by atoms with Crippen LogP contribution < -0.4 is 10.6 Å². The number of hydrogen-bond acceptors (Lipinski definition) is 7. The van der Waals surface area contributed by atoms with Crippen LogP contribution in [0.2, 0.25) is 0 Å². The fraction of sp³-hybridized carbons (Fsp3) is 0.429. The summed E-state index contributed by atoms with van der Waals surface area (Å²) in [5, 5.41) is 13.2. The molecule has 0 spiro atoms. The number of aromatic nitrogens is 2. The number of rotatable bonds is 8. The molecule has 8 nitrogen and oxygen atoms in total. The van der Waals surface area contributed by atoms with Gasteiger partial charge in [-0.1, -0.05) is 18.7 Å². The van der Waals surface area contributed by atoms with Crippen molar-refractivity contribution in [3.05, 3.63) is 18.4 Å². The molecule has 0 bridgehead atoms. The summed E-state index contributed by atoms with van der Waals surface area (Å²) < 4.78 is 10.5. The van der Waals surface area contributed by atoms with Crippen molar-refractivity contribution in [2.75, 3.05) is 12.3 Å². The Morgan fingerprint density at radius 1 is 1.39 bits per heavy atom. The quantitative estimate of drug-likeness (QED) is 0.701. The van der Waals surface area contributed by atoms with E-state index in [1.54, 1.807) is 19.1 Å². The third kappa shape index (κ3) is 5.13. The van der Waals surface area contributed by atoms with Gasteiger partial charge in [0.05, 0.1) is 12.0 Å². The summed E-state index contributed by atoms with van der Waals surface area (Å²) in [7, 11) is 0. The standard InChI is InChI=1S/C14H18N4O4S/c1-3-6-15-12(20)9(2)16-11(19)8-23-14-18-17-13(22-14)10-5-4-7-21-10/h4-5,7,9H,3,6,8H2,1-2H3,(H,15,20)(H,16,19)/t9-/m0/s1. The largest absolute Gasteiger partial charge is 0.459 e. The minimum absolute atomic E-state index is 0.0746. The molecule has 2 amide bonds. The Morgan fingerprint density at radius 2 is 2.22 bits per heavy atom. The number of thioether (sulfide) groups is 1. The third-order valence-electron chi connectivity index (χ3n) is 2.79. The van der Waals surface area contributed by atoms with Gasteiger partial charge in [-0.3, -0.25) is 9.59 Å². The predicted molar refractivity (Wildman–Crippen MR) is 83.6 cm³/mol. The first-order chi connectivity index (χ1) is 11.1. The fourth-order valence-corrected chi connectivity index (χ4v) is 2.22. The summed E-state index contributed by atoms with van der Waals surface area (Å²) in [5.41, 5.74) is 0. The molecule has 0 unspecified atom stereocenters. The Kier molecular flexibility index (Phi) is 6.21. The van der Waals surface area contributed by atoms with Crippen molar-refractivity contribution >= 4 is 23.6 Å². The Labute approximate surface area is 137 Å². The van der Waals surface area contributed by atoms with Crippen molar-refractivity contribution in [1.29, 1.82) is 0 Å². The van der Waals surface area contributed by atoms with Gasteiger partial charge in [0.25, 0.3) is 11.1 Å². The fourth-order valence-electron chi connectivity index (χ4n) is 1.65. The van der Waals surface area contributed by atoms with Gasteiger partial charge in [-0.25, -0.2) is 0 Å². The van der Waals surface area contributed by atoms with Crippen molar-refractivity contribution in [1.82, 2.24) is 20.8 Å². The van der Waals surface area contributed by atoms with Crippen LogP contribution in [0, 0.1) is 0 Å². The van der Waals surface area contributed by atoms with Crippen LogP contribution in [-0.4, -0.2) is 40.4 Å². The van der Waals surface area contributed by atoms with E-state index in [0.29, 0.717) is 12.3 Å². The van der Waals surface area contributed by atoms with E-state index in [2.05, 4.69) is 20.8 Å². The van der Waals surface area contributed by atoms with Crippen LogP contribution in [0.15, 0.2) is 32.5 Å². The highest BCUT2D eigenvalue weighted by Gasteiger charge is 2.17. The topological polar surface area (TPSA) is 110 Å². The zero-order chi connectivity index (χ0) is 16.7. The van der Waals surface area contributed by atoms with Gasteiger partial charge in [0.2, 0.25) is 11.8 Å². The predicted octanol–water partition coefficient (Wildman–Crippen LogP) is 1.45. The first-order valence-electron chi connectivity index (χ1n) is 7.17. The summed E-state index contributed by atoms with van der Waals surface area (Å²) in [4.78, 5) is 23.5. The normalized spacial score (nSPS) is 11.9. The lowest BCUT2D eigenvalue weighted by Crippen LogP contribution is -2.45. The molecule has 1 atom stereocenters. The van der Waals surface area contributed by atoms with Crippen LogP contribution in [0.1, 0.15) is 20.3 Å². The SMILES string of the molecule is CCCNC(=O)[C@H](C)NC(=O)CSc1nnc(-c2ccco2)o1. The minimum Gasteiger partial charge on any atom is -0.459 e. The molecule has 2 aromatic heterocycles. The first-order valence-corrected chi connectivity index (χ1v) is 8.16. The van der Waals surface area contributed by atoms with E-state index in [0.717, 1.165) is 18.2 Å². The van der Waals surface area contributed by atoms with Crippen molar-refractivity contribution in [3.8, 4) is 11.7 Å². The van der Waals surface area contributed by atoms with Crippen LogP contribution in [0.5, 0.6) is 0 Å². The zero-order valence-electron chi connectivity index (χ0n) is 12.9. The number of carbonyl (C=O) groups excluding carboxylic acids is 2. The molecule has 0 aromatic carbocycles. The average Bonchev–Trinajstić information content (AvgIpc) is 3.21. The van der Waals surface area contributed by atoms with Gasteiger partial charge in [-0.15, -0.1) is 10.2 Å². The van der Waals surface area contributed by atoms with Crippen LogP contribution in [0.25, 0.3) is 11.7 Å². The number of nitrogens with one attached hydrogen (secondary N) is 2. The maximum atomic E-state index is 11.8. The molecule has 124 valence electrons. The molecule has 0 saturated heterocycles. The van der Waals surface area contributed by atoms with Gasteiger partial charge in [0, 0.05) is 6.54 Å². The van der Waals surface area contributed by atoms with Crippen molar-refractivity contribution in [3.63, 3.8) is 0 Å². The molecular formula is C14H18N4O4S. The lowest BCUT2D eigenvalue weighted by molar-refractivity contribution is -0.127. The molecule has 2 aromatic rings. The molecule has 23 heavy (non-hydrogen) atoms. The van der Waals surface area contributed by atoms with Gasteiger partial charge in [0.1, 0.15) is 6.04 Å². The lowest BCUT2D eigenvalue weighted by atomic mass is 10.3. The smallest absolute Gasteiger partial charge is 0.284 e. The summed E-state index contributed by atoms with van der Waals surface area (Å²) >= 11 is 1.09. The number of nitrogens with zero attached hydrogens (tertiary/aromatic N) is 2. The van der Waals surface area contributed by atoms with Crippen LogP contribution in [0.4, 0.5) is 0 Å². The van der Waals surface area contributed by atoms with E-state index in [4.69, 9.17) is 8.83 Å². The maximum absolute atomic E-state index is 11.8. The Hall–Kier alpha value is -2.29. The summed E-state index contributed by atoms with van der Waals surface area (Å²) in [6.45, 7) is 4.18. The van der Waals surface area contributed by atoms with Crippen molar-refractivity contribution in [2.45, 2.75) is 31.5 Å². The summed E-state index contributed by atoms with van der Waals surface area (Å²) in [5.74, 6) is 0.306. The number of furan rings is 1. The zero-order valence-corrected chi connectivity index (χ0v) is 13.7. The molecule has 0 aliphatic heterocycles. The van der Waals surface area contributed by atoms with Crippen LogP contribution in [0.3, 0.4) is 0 Å². The van der Waals surface area contributed by atoms with Crippen molar-refractivity contribution < 1.29 is 18.4 Å². The second-order valence-electron chi connectivity index (χ2n) is 4.72. The second-order valence-corrected chi connectivity index (χ2v) is 5.65. The monoisotopic (exact) mass is 338 g/mol. The minimum atomic E-state index is -0.587. The molecule has 0 aliphatic carbocycles. The second kappa shape index (κ2) is 8.37. The van der Waals surface area contributed by atoms with Gasteiger partial charge in [-0.05, 0) is 25.5 Å². The van der Waals surface area contributed by atoms with E-state index >= 15 is 0 Å². The summed E-state index contributed by atoms with van der Waals surface area (Å²) in [6.07, 6.45) is 2.35. The molecule has 9 heteroatoms. The molecule has 2 heterocycles. The number of hydrogen-bond donors (Lipinski definition) is 2. The van der Waals surface area contributed by atoms with Crippen LogP contribution >= 0.6 is 11.8 Å². The van der Waals surface area contributed by atoms with Crippen LogP contribution in [-0.2, 0) is 9.59 Å². The van der Waals surface area contributed by atoms with Gasteiger partial charge >= 0.3 is 0 Å². The Bertz CT molecular complexity index is 641. The molecule has 2 rings (SSSR count). The summed E-state index contributed by atoms with van der Waals surface area (Å²) in [6, 6.07) is 2.83. The van der Waals surface area contributed by atoms with Gasteiger partial charge < -0.3 is 19.5 Å². The van der Waals surface area contributed by atoms with E-state index in [1.165, 1.54) is 6.26 Å². The maximum Gasteiger partial charge on any atom is 0.284 e. The van der Waals surface area contributed by atoms with E-state index in [-0.39, 0.29) is 28.7 Å². The molecular weight excluding hydrogens is 320 g/mol. The Morgan fingerprint density at radius 3 is 2.91 bits per heavy atom. The van der Waals surface area contributed by atoms with Crippen molar-refractivity contribution in [2.24, 2.45) is 0 Å². The van der Waals surface area contributed by atoms with E-state index < -0.39 is 6.04 Å². The van der Waals surface area contributed by atoms with E-state index in [1.807, 2.05) is 6.92 Å². The first kappa shape index (κ1) is 17.1. The van der Waals surface area contributed by atoms with E-state index in [9.17, 15) is 9.59 Å². The Balaban J connectivity index is 1.77. The molecule has 0 aliphatic rings. The van der Waals surface area contributed by atoms with Gasteiger partial charge in [-0.2, -0.15) is 0 Å². The molecule has 0 saturated carbocycles. The molecule has 2 N–H and O–H groups in total. The highest BCUT2D eigenvalue weighted by Crippen LogP contribution is 2.23. The number of amides is 2.